The third kappa shape index (κ3) is 4.29. The van der Waals surface area contributed by atoms with Crippen LogP contribution in [0.2, 0.25) is 0 Å². The highest BCUT2D eigenvalue weighted by Gasteiger charge is 2.38. The van der Waals surface area contributed by atoms with E-state index >= 15 is 0 Å². The Morgan fingerprint density at radius 1 is 1.64 bits per heavy atom. The van der Waals surface area contributed by atoms with Gasteiger partial charge >= 0.3 is 11.9 Å². The Kier molecular flexibility index (Phi) is 5.26. The predicted molar refractivity (Wildman–Crippen MR) is 46.3 cm³/mol. The molecule has 1 unspecified atom stereocenters. The molecule has 0 aliphatic heterocycles. The molecule has 0 heterocycles. The monoisotopic (exact) mass is 209 g/mol. The molecule has 0 bridgehead atoms. The summed E-state index contributed by atoms with van der Waals surface area (Å²) in [6.07, 6.45) is 1.75. The van der Waals surface area contributed by atoms with E-state index in [2.05, 4.69) is 11.9 Å². The van der Waals surface area contributed by atoms with Crippen molar-refractivity contribution in [2.75, 3.05) is 13.2 Å². The van der Waals surface area contributed by atoms with E-state index in [1.165, 1.54) is 6.08 Å². The van der Waals surface area contributed by atoms with Crippen LogP contribution in [0.3, 0.4) is 0 Å². The van der Waals surface area contributed by atoms with Crippen molar-refractivity contribution < 1.29 is 23.8 Å². The quantitative estimate of drug-likeness (QED) is 0.525. The Hall–Kier alpha value is -1.01. The summed E-state index contributed by atoms with van der Waals surface area (Å²) in [7, 11) is 0. The van der Waals surface area contributed by atoms with E-state index in [1.54, 1.807) is 0 Å². The van der Waals surface area contributed by atoms with Crippen LogP contribution in [0, 0.1) is 0 Å². The third-order valence-corrected chi connectivity index (χ3v) is 1.60. The van der Waals surface area contributed by atoms with Crippen molar-refractivity contribution in [1.29, 1.82) is 0 Å². The lowest BCUT2D eigenvalue weighted by Crippen LogP contribution is -2.44. The number of aliphatic hydroxyl groups is 1. The summed E-state index contributed by atoms with van der Waals surface area (Å²) >= 11 is 0. The predicted octanol–water partition coefficient (Wildman–Crippen LogP) is 0.233. The summed E-state index contributed by atoms with van der Waals surface area (Å²) in [5.41, 5.74) is 0. The smallest absolute Gasteiger partial charge is 0.375 e. The molecule has 0 aliphatic carbocycles. The number of carboxylic acid groups (broad SMARTS) is 1. The normalized spacial score (nSPS) is 13.6. The molecule has 0 aliphatic rings. The van der Waals surface area contributed by atoms with E-state index in [0.717, 1.165) is 0 Å². The van der Waals surface area contributed by atoms with Gasteiger partial charge in [0.1, 0.15) is 0 Å². The van der Waals surface area contributed by atoms with Crippen LogP contribution in [0.4, 0.5) is 8.78 Å². The van der Waals surface area contributed by atoms with Crippen LogP contribution in [-0.4, -0.2) is 41.3 Å². The van der Waals surface area contributed by atoms with Crippen molar-refractivity contribution in [2.24, 2.45) is 0 Å². The second-order valence-corrected chi connectivity index (χ2v) is 2.79. The molecule has 0 aromatic carbocycles. The highest BCUT2D eigenvalue weighted by atomic mass is 19.3. The van der Waals surface area contributed by atoms with Gasteiger partial charge in [0, 0.05) is 6.04 Å². The van der Waals surface area contributed by atoms with E-state index in [1.807, 2.05) is 0 Å². The molecule has 0 radical (unpaired) electrons. The van der Waals surface area contributed by atoms with E-state index in [-0.39, 0.29) is 6.61 Å². The molecule has 3 N–H and O–H groups in total. The van der Waals surface area contributed by atoms with Gasteiger partial charge in [0.15, 0.2) is 0 Å². The molecular weight excluding hydrogens is 196 g/mol. The average Bonchev–Trinajstić information content (AvgIpc) is 2.12. The lowest BCUT2D eigenvalue weighted by molar-refractivity contribution is -0.164. The van der Waals surface area contributed by atoms with Gasteiger partial charge in [0.25, 0.3) is 0 Å². The van der Waals surface area contributed by atoms with Gasteiger partial charge in [0.05, 0.1) is 13.2 Å². The Morgan fingerprint density at radius 2 is 2.21 bits per heavy atom. The zero-order valence-electron chi connectivity index (χ0n) is 7.54. The highest BCUT2D eigenvalue weighted by molar-refractivity contribution is 5.75. The Bertz CT molecular complexity index is 209. The number of hydrogen-bond acceptors (Lipinski definition) is 3. The minimum atomic E-state index is -3.81. The fourth-order valence-electron chi connectivity index (χ4n) is 0.772. The van der Waals surface area contributed by atoms with Crippen LogP contribution in [0.15, 0.2) is 12.7 Å². The van der Waals surface area contributed by atoms with Gasteiger partial charge in [-0.15, -0.1) is 6.58 Å². The molecule has 14 heavy (non-hydrogen) atoms. The number of aliphatic carboxylic acids is 1. The van der Waals surface area contributed by atoms with E-state index in [0.29, 0.717) is 6.42 Å². The standard InChI is InChI=1S/C8H13F2NO3/c1-2-3-6(4-12)11-5-8(9,10)7(13)14/h2,6,11-12H,1,3-5H2,(H,13,14). The molecule has 0 rings (SSSR count). The van der Waals surface area contributed by atoms with Crippen molar-refractivity contribution in [3.63, 3.8) is 0 Å². The maximum absolute atomic E-state index is 12.5. The second kappa shape index (κ2) is 5.66. The summed E-state index contributed by atoms with van der Waals surface area (Å²) in [5, 5.41) is 19.0. The minimum Gasteiger partial charge on any atom is -0.477 e. The molecule has 6 heteroatoms. The number of carbonyl (C=O) groups is 1. The van der Waals surface area contributed by atoms with Crippen LogP contribution < -0.4 is 5.32 Å². The summed E-state index contributed by atoms with van der Waals surface area (Å²) in [4.78, 5) is 10.0. The van der Waals surface area contributed by atoms with Gasteiger partial charge in [-0.1, -0.05) is 6.08 Å². The Balaban J connectivity index is 4.01. The molecular formula is C8H13F2NO3. The van der Waals surface area contributed by atoms with Crippen LogP contribution in [-0.2, 0) is 4.79 Å². The number of carboxylic acids is 1. The van der Waals surface area contributed by atoms with Crippen LogP contribution in [0.25, 0.3) is 0 Å². The molecule has 4 nitrogen and oxygen atoms in total. The number of halogens is 2. The summed E-state index contributed by atoms with van der Waals surface area (Å²) in [5.74, 6) is -5.99. The van der Waals surface area contributed by atoms with Crippen molar-refractivity contribution in [1.82, 2.24) is 5.32 Å². The van der Waals surface area contributed by atoms with E-state index < -0.39 is 24.5 Å². The maximum Gasteiger partial charge on any atom is 0.375 e. The molecule has 0 aromatic heterocycles. The summed E-state index contributed by atoms with van der Waals surface area (Å²) in [6.45, 7) is 2.03. The number of rotatable bonds is 7. The number of alkyl halides is 2. The largest absolute Gasteiger partial charge is 0.477 e. The number of aliphatic hydroxyl groups excluding tert-OH is 1. The van der Waals surface area contributed by atoms with Crippen LogP contribution in [0.1, 0.15) is 6.42 Å². The zero-order valence-corrected chi connectivity index (χ0v) is 7.54. The third-order valence-electron chi connectivity index (χ3n) is 1.60. The first kappa shape index (κ1) is 13.0. The lowest BCUT2D eigenvalue weighted by Gasteiger charge is -2.17. The SMILES string of the molecule is C=CCC(CO)NCC(F)(F)C(=O)O. The first-order valence-electron chi connectivity index (χ1n) is 4.00. The minimum absolute atomic E-state index is 0.298. The van der Waals surface area contributed by atoms with Gasteiger partial charge in [-0.2, -0.15) is 8.78 Å². The number of hydrogen-bond donors (Lipinski definition) is 3. The molecule has 0 aromatic rings. The van der Waals surface area contributed by atoms with Crippen molar-refractivity contribution in [2.45, 2.75) is 18.4 Å². The molecule has 0 fully saturated rings. The number of nitrogens with one attached hydrogen (secondary N) is 1. The van der Waals surface area contributed by atoms with Crippen molar-refractivity contribution >= 4 is 5.97 Å². The lowest BCUT2D eigenvalue weighted by atomic mass is 10.2. The summed E-state index contributed by atoms with van der Waals surface area (Å²) in [6, 6.07) is -0.585. The molecule has 0 spiro atoms. The van der Waals surface area contributed by atoms with Gasteiger partial charge in [-0.05, 0) is 6.42 Å². The maximum atomic E-state index is 12.5. The van der Waals surface area contributed by atoms with Crippen molar-refractivity contribution in [3.8, 4) is 0 Å². The van der Waals surface area contributed by atoms with Gasteiger partial charge in [0.2, 0.25) is 0 Å². The molecule has 0 saturated heterocycles. The molecule has 1 atom stereocenters. The zero-order chi connectivity index (χ0) is 11.2. The first-order valence-corrected chi connectivity index (χ1v) is 4.00. The second-order valence-electron chi connectivity index (χ2n) is 2.79. The fourth-order valence-corrected chi connectivity index (χ4v) is 0.772. The molecule has 82 valence electrons. The highest BCUT2D eigenvalue weighted by Crippen LogP contribution is 2.12. The van der Waals surface area contributed by atoms with Crippen LogP contribution >= 0.6 is 0 Å². The van der Waals surface area contributed by atoms with Gasteiger partial charge in [-0.3, -0.25) is 0 Å². The van der Waals surface area contributed by atoms with E-state index in [9.17, 15) is 13.6 Å². The molecule has 0 amide bonds. The van der Waals surface area contributed by atoms with Gasteiger partial charge in [-0.25, -0.2) is 4.79 Å². The topological polar surface area (TPSA) is 69.6 Å². The average molecular weight is 209 g/mol. The van der Waals surface area contributed by atoms with Crippen LogP contribution in [0.5, 0.6) is 0 Å². The first-order chi connectivity index (χ1) is 6.44. The van der Waals surface area contributed by atoms with Gasteiger partial charge < -0.3 is 15.5 Å². The molecule has 0 saturated carbocycles. The summed E-state index contributed by atoms with van der Waals surface area (Å²) < 4.78 is 25.0. The Labute approximate surface area is 80.2 Å². The van der Waals surface area contributed by atoms with E-state index in [4.69, 9.17) is 10.2 Å². The Morgan fingerprint density at radius 3 is 2.57 bits per heavy atom. The fraction of sp³-hybridized carbons (Fsp3) is 0.625. The van der Waals surface area contributed by atoms with Crippen molar-refractivity contribution in [3.05, 3.63) is 12.7 Å².